The Morgan fingerprint density at radius 1 is 1.50 bits per heavy atom. The number of rotatable bonds is 4. The lowest BCUT2D eigenvalue weighted by atomic mass is 10.0. The average molecular weight is 361 g/mol. The van der Waals surface area contributed by atoms with Gasteiger partial charge in [-0.25, -0.2) is 4.39 Å². The third-order valence-corrected chi connectivity index (χ3v) is 4.34. The number of nitrogens with zero attached hydrogens (tertiary/aromatic N) is 2. The minimum Gasteiger partial charge on any atom is -0.324 e. The molecule has 0 aliphatic rings. The molecular weight excluding hydrogens is 345 g/mol. The van der Waals surface area contributed by atoms with Crippen molar-refractivity contribution in [1.29, 1.82) is 0 Å². The Morgan fingerprint density at radius 3 is 2.80 bits per heavy atom. The summed E-state index contributed by atoms with van der Waals surface area (Å²) in [6.45, 7) is 4.62. The number of benzene rings is 1. The summed E-state index contributed by atoms with van der Waals surface area (Å²) in [5, 5.41) is 5.02. The minimum atomic E-state index is -0.298. The van der Waals surface area contributed by atoms with Crippen LogP contribution in [0.1, 0.15) is 29.9 Å². The molecule has 0 fully saturated rings. The first kappa shape index (κ1) is 15.5. The summed E-state index contributed by atoms with van der Waals surface area (Å²) in [5.41, 5.74) is 8.78. The van der Waals surface area contributed by atoms with Crippen molar-refractivity contribution in [2.75, 3.05) is 0 Å². The largest absolute Gasteiger partial charge is 0.324 e. The highest BCUT2D eigenvalue weighted by Gasteiger charge is 2.17. The molecule has 2 aromatic rings. The molecule has 0 amide bonds. The van der Waals surface area contributed by atoms with Gasteiger partial charge in [-0.15, -0.1) is 0 Å². The lowest BCUT2D eigenvalue weighted by molar-refractivity contribution is 0.585. The maximum atomic E-state index is 13.3. The van der Waals surface area contributed by atoms with Crippen molar-refractivity contribution < 1.29 is 4.39 Å². The standard InChI is InChI=1S/C14H16BrClFN3/c1-3-20-13(14(16)8(2)19-20)7-12(18)9-4-5-11(17)10(15)6-9/h4-6,12H,3,7,18H2,1-2H3. The van der Waals surface area contributed by atoms with Gasteiger partial charge in [0.1, 0.15) is 5.82 Å². The Balaban J connectivity index is 2.27. The maximum Gasteiger partial charge on any atom is 0.137 e. The molecular formula is C14H16BrClFN3. The fraction of sp³-hybridized carbons (Fsp3) is 0.357. The van der Waals surface area contributed by atoms with Gasteiger partial charge in [0.2, 0.25) is 0 Å². The Labute approximate surface area is 131 Å². The quantitative estimate of drug-likeness (QED) is 0.895. The lowest BCUT2D eigenvalue weighted by Crippen LogP contribution is -2.16. The summed E-state index contributed by atoms with van der Waals surface area (Å²) >= 11 is 9.44. The van der Waals surface area contributed by atoms with Crippen LogP contribution in [0.3, 0.4) is 0 Å². The zero-order valence-corrected chi connectivity index (χ0v) is 13.7. The van der Waals surface area contributed by atoms with Gasteiger partial charge in [-0.1, -0.05) is 17.7 Å². The number of hydrogen-bond donors (Lipinski definition) is 1. The number of hydrogen-bond acceptors (Lipinski definition) is 2. The molecule has 2 N–H and O–H groups in total. The Hall–Kier alpha value is -0.910. The van der Waals surface area contributed by atoms with E-state index < -0.39 is 0 Å². The van der Waals surface area contributed by atoms with Crippen molar-refractivity contribution in [3.05, 3.63) is 50.5 Å². The highest BCUT2D eigenvalue weighted by Crippen LogP contribution is 2.27. The SMILES string of the molecule is CCn1nc(C)c(Cl)c1CC(N)c1ccc(F)c(Br)c1. The van der Waals surface area contributed by atoms with Crippen LogP contribution in [-0.2, 0) is 13.0 Å². The van der Waals surface area contributed by atoms with Crippen LogP contribution in [0.15, 0.2) is 22.7 Å². The molecule has 0 saturated carbocycles. The normalized spacial score (nSPS) is 12.7. The van der Waals surface area contributed by atoms with Crippen LogP contribution in [0.5, 0.6) is 0 Å². The molecule has 1 heterocycles. The summed E-state index contributed by atoms with van der Waals surface area (Å²) in [5.74, 6) is -0.298. The van der Waals surface area contributed by atoms with E-state index in [0.717, 1.165) is 23.5 Å². The molecule has 3 nitrogen and oxygen atoms in total. The van der Waals surface area contributed by atoms with E-state index >= 15 is 0 Å². The van der Waals surface area contributed by atoms with Gasteiger partial charge in [-0.2, -0.15) is 5.10 Å². The van der Waals surface area contributed by atoms with E-state index in [1.165, 1.54) is 6.07 Å². The molecule has 1 unspecified atom stereocenters. The molecule has 1 atom stereocenters. The van der Waals surface area contributed by atoms with Gasteiger partial charge in [-0.3, -0.25) is 4.68 Å². The van der Waals surface area contributed by atoms with Gasteiger partial charge < -0.3 is 5.73 Å². The van der Waals surface area contributed by atoms with Gasteiger partial charge >= 0.3 is 0 Å². The molecule has 2 rings (SSSR count). The minimum absolute atomic E-state index is 0.259. The Kier molecular flexibility index (Phi) is 4.83. The first-order valence-corrected chi connectivity index (χ1v) is 7.53. The van der Waals surface area contributed by atoms with Gasteiger partial charge in [0.05, 0.1) is 20.9 Å². The Morgan fingerprint density at radius 2 is 2.20 bits per heavy atom. The van der Waals surface area contributed by atoms with Crippen LogP contribution >= 0.6 is 27.5 Å². The van der Waals surface area contributed by atoms with Crippen molar-refractivity contribution in [2.45, 2.75) is 32.9 Å². The molecule has 0 radical (unpaired) electrons. The third-order valence-electron chi connectivity index (χ3n) is 3.24. The van der Waals surface area contributed by atoms with E-state index in [4.69, 9.17) is 17.3 Å². The zero-order chi connectivity index (χ0) is 14.9. The Bertz CT molecular complexity index is 627. The summed E-state index contributed by atoms with van der Waals surface area (Å²) in [4.78, 5) is 0. The molecule has 1 aromatic carbocycles. The average Bonchev–Trinajstić information content (AvgIpc) is 2.69. The number of aryl methyl sites for hydroxylation is 2. The van der Waals surface area contributed by atoms with Gasteiger partial charge in [0.25, 0.3) is 0 Å². The van der Waals surface area contributed by atoms with Crippen LogP contribution < -0.4 is 5.73 Å². The second kappa shape index (κ2) is 6.24. The first-order valence-electron chi connectivity index (χ1n) is 6.36. The van der Waals surface area contributed by atoms with Gasteiger partial charge in [-0.05, 0) is 47.5 Å². The fourth-order valence-electron chi connectivity index (χ4n) is 2.13. The van der Waals surface area contributed by atoms with E-state index in [-0.39, 0.29) is 11.9 Å². The molecule has 108 valence electrons. The molecule has 0 aliphatic carbocycles. The summed E-state index contributed by atoms with van der Waals surface area (Å²) < 4.78 is 15.5. The van der Waals surface area contributed by atoms with Crippen LogP contribution in [-0.4, -0.2) is 9.78 Å². The third kappa shape index (κ3) is 3.05. The van der Waals surface area contributed by atoms with Crippen molar-refractivity contribution in [3.63, 3.8) is 0 Å². The number of nitrogens with two attached hydrogens (primary N) is 1. The lowest BCUT2D eigenvalue weighted by Gasteiger charge is -2.14. The predicted octanol–water partition coefficient (Wildman–Crippen LogP) is 4.01. The van der Waals surface area contributed by atoms with Crippen LogP contribution in [0.4, 0.5) is 4.39 Å². The maximum absolute atomic E-state index is 13.3. The monoisotopic (exact) mass is 359 g/mol. The zero-order valence-electron chi connectivity index (χ0n) is 11.3. The van der Waals surface area contributed by atoms with Crippen molar-refractivity contribution >= 4 is 27.5 Å². The van der Waals surface area contributed by atoms with Crippen LogP contribution in [0.2, 0.25) is 5.02 Å². The topological polar surface area (TPSA) is 43.8 Å². The highest BCUT2D eigenvalue weighted by molar-refractivity contribution is 9.10. The molecule has 6 heteroatoms. The fourth-order valence-corrected chi connectivity index (χ4v) is 2.74. The van der Waals surface area contributed by atoms with Crippen LogP contribution in [0, 0.1) is 12.7 Å². The number of halogens is 3. The molecule has 0 saturated heterocycles. The smallest absolute Gasteiger partial charge is 0.137 e. The molecule has 1 aromatic heterocycles. The van der Waals surface area contributed by atoms with E-state index in [1.807, 2.05) is 18.5 Å². The molecule has 20 heavy (non-hydrogen) atoms. The molecule has 0 aliphatic heterocycles. The number of aromatic nitrogens is 2. The van der Waals surface area contributed by atoms with E-state index in [9.17, 15) is 4.39 Å². The summed E-state index contributed by atoms with van der Waals surface area (Å²) in [6.07, 6.45) is 0.561. The van der Waals surface area contributed by atoms with Crippen molar-refractivity contribution in [2.24, 2.45) is 5.73 Å². The second-order valence-corrected chi connectivity index (χ2v) is 5.88. The molecule has 0 bridgehead atoms. The first-order chi connectivity index (χ1) is 9.43. The van der Waals surface area contributed by atoms with E-state index in [2.05, 4.69) is 21.0 Å². The highest BCUT2D eigenvalue weighted by atomic mass is 79.9. The second-order valence-electron chi connectivity index (χ2n) is 4.65. The molecule has 0 spiro atoms. The van der Waals surface area contributed by atoms with Crippen LogP contribution in [0.25, 0.3) is 0 Å². The van der Waals surface area contributed by atoms with Crippen molar-refractivity contribution in [3.8, 4) is 0 Å². The van der Waals surface area contributed by atoms with Gasteiger partial charge in [0.15, 0.2) is 0 Å². The van der Waals surface area contributed by atoms with E-state index in [0.29, 0.717) is 15.9 Å². The summed E-state index contributed by atoms with van der Waals surface area (Å²) in [6, 6.07) is 4.54. The summed E-state index contributed by atoms with van der Waals surface area (Å²) in [7, 11) is 0. The van der Waals surface area contributed by atoms with E-state index in [1.54, 1.807) is 12.1 Å². The van der Waals surface area contributed by atoms with Crippen molar-refractivity contribution in [1.82, 2.24) is 9.78 Å². The van der Waals surface area contributed by atoms with Gasteiger partial charge in [0, 0.05) is 19.0 Å². The predicted molar refractivity (Wildman–Crippen MR) is 82.4 cm³/mol.